The molecular weight excluding hydrogens is 280 g/mol. The third-order valence-electron chi connectivity index (χ3n) is 4.76. The standard InChI is InChI=1S/C19H23ClO/c1-11-12(2)14(4)19(15(5)13(11)3)18(21)10-16-8-6-7-9-17(16)20/h6-9,18,21H,10H2,1-5H3. The van der Waals surface area contributed by atoms with Crippen LogP contribution in [0.5, 0.6) is 0 Å². The third kappa shape index (κ3) is 3.00. The van der Waals surface area contributed by atoms with E-state index in [1.165, 1.54) is 27.8 Å². The molecule has 0 heterocycles. The Bertz CT molecular complexity index is 645. The monoisotopic (exact) mass is 302 g/mol. The smallest absolute Gasteiger partial charge is 0.0836 e. The molecule has 1 N–H and O–H groups in total. The van der Waals surface area contributed by atoms with Crippen LogP contribution in [0, 0.1) is 34.6 Å². The van der Waals surface area contributed by atoms with Gasteiger partial charge in [0.15, 0.2) is 0 Å². The number of hydrogen-bond donors (Lipinski definition) is 1. The second-order valence-corrected chi connectivity index (χ2v) is 6.26. The summed E-state index contributed by atoms with van der Waals surface area (Å²) in [6.07, 6.45) is 0.0198. The average molecular weight is 303 g/mol. The maximum Gasteiger partial charge on any atom is 0.0836 e. The zero-order valence-electron chi connectivity index (χ0n) is 13.4. The number of hydrogen-bond acceptors (Lipinski definition) is 1. The topological polar surface area (TPSA) is 20.2 Å². The fourth-order valence-corrected chi connectivity index (χ4v) is 3.22. The molecule has 112 valence electrons. The average Bonchev–Trinajstić information content (AvgIpc) is 2.46. The molecule has 2 rings (SSSR count). The Balaban J connectivity index is 2.45. The number of halogens is 1. The molecule has 2 heteroatoms. The van der Waals surface area contributed by atoms with E-state index in [0.717, 1.165) is 11.1 Å². The first-order valence-corrected chi connectivity index (χ1v) is 7.70. The largest absolute Gasteiger partial charge is 0.388 e. The van der Waals surface area contributed by atoms with Gasteiger partial charge in [0.25, 0.3) is 0 Å². The van der Waals surface area contributed by atoms with Gasteiger partial charge in [-0.3, -0.25) is 0 Å². The van der Waals surface area contributed by atoms with Crippen LogP contribution in [0.25, 0.3) is 0 Å². The molecule has 2 aromatic carbocycles. The summed E-state index contributed by atoms with van der Waals surface area (Å²) in [5, 5.41) is 11.5. The molecule has 0 spiro atoms. The Morgan fingerprint density at radius 3 is 1.86 bits per heavy atom. The molecule has 21 heavy (non-hydrogen) atoms. The van der Waals surface area contributed by atoms with Crippen molar-refractivity contribution in [3.8, 4) is 0 Å². The van der Waals surface area contributed by atoms with E-state index in [1.54, 1.807) is 0 Å². The van der Waals surface area contributed by atoms with Gasteiger partial charge in [0.05, 0.1) is 6.10 Å². The summed E-state index contributed by atoms with van der Waals surface area (Å²) >= 11 is 6.21. The molecule has 2 aromatic rings. The Morgan fingerprint density at radius 1 is 0.857 bits per heavy atom. The maximum atomic E-state index is 10.7. The minimum atomic E-state index is -0.525. The minimum absolute atomic E-state index is 0.525. The molecule has 0 saturated carbocycles. The Morgan fingerprint density at radius 2 is 1.33 bits per heavy atom. The van der Waals surface area contributed by atoms with Gasteiger partial charge in [-0.25, -0.2) is 0 Å². The van der Waals surface area contributed by atoms with Crippen molar-refractivity contribution < 1.29 is 5.11 Å². The number of aliphatic hydroxyl groups excluding tert-OH is 1. The Hall–Kier alpha value is -1.31. The lowest BCUT2D eigenvalue weighted by Gasteiger charge is -2.23. The molecule has 0 aromatic heterocycles. The molecule has 0 aliphatic rings. The first-order chi connectivity index (χ1) is 9.84. The second-order valence-electron chi connectivity index (χ2n) is 5.85. The number of benzene rings is 2. The first kappa shape index (κ1) is 16.1. The summed E-state index contributed by atoms with van der Waals surface area (Å²) in [5.41, 5.74) is 8.28. The third-order valence-corrected chi connectivity index (χ3v) is 5.13. The van der Waals surface area contributed by atoms with E-state index >= 15 is 0 Å². The fraction of sp³-hybridized carbons (Fsp3) is 0.368. The highest BCUT2D eigenvalue weighted by molar-refractivity contribution is 6.31. The minimum Gasteiger partial charge on any atom is -0.388 e. The van der Waals surface area contributed by atoms with Gasteiger partial charge >= 0.3 is 0 Å². The summed E-state index contributed by atoms with van der Waals surface area (Å²) in [5.74, 6) is 0. The maximum absolute atomic E-state index is 10.7. The van der Waals surface area contributed by atoms with Gasteiger partial charge in [-0.1, -0.05) is 29.8 Å². The van der Waals surface area contributed by atoms with E-state index in [9.17, 15) is 5.11 Å². The molecule has 0 radical (unpaired) electrons. The van der Waals surface area contributed by atoms with E-state index in [0.29, 0.717) is 11.4 Å². The number of rotatable bonds is 3. The lowest BCUT2D eigenvalue weighted by molar-refractivity contribution is 0.177. The molecule has 1 nitrogen and oxygen atoms in total. The van der Waals surface area contributed by atoms with Crippen LogP contribution in [0.2, 0.25) is 5.02 Å². The van der Waals surface area contributed by atoms with Crippen molar-refractivity contribution in [1.82, 2.24) is 0 Å². The molecular formula is C19H23ClO. The molecule has 0 aliphatic heterocycles. The quantitative estimate of drug-likeness (QED) is 0.830. The van der Waals surface area contributed by atoms with Crippen LogP contribution in [0.3, 0.4) is 0 Å². The second kappa shape index (κ2) is 6.21. The molecule has 0 fully saturated rings. The highest BCUT2D eigenvalue weighted by atomic mass is 35.5. The Labute approximate surface area is 132 Å². The zero-order chi connectivity index (χ0) is 15.7. The molecule has 0 bridgehead atoms. The van der Waals surface area contributed by atoms with Crippen LogP contribution in [-0.2, 0) is 6.42 Å². The van der Waals surface area contributed by atoms with Gasteiger partial charge in [0, 0.05) is 11.4 Å². The van der Waals surface area contributed by atoms with Crippen molar-refractivity contribution >= 4 is 11.6 Å². The fourth-order valence-electron chi connectivity index (χ4n) is 3.00. The van der Waals surface area contributed by atoms with Crippen LogP contribution < -0.4 is 0 Å². The summed E-state index contributed by atoms with van der Waals surface area (Å²) in [7, 11) is 0. The van der Waals surface area contributed by atoms with Crippen LogP contribution in [-0.4, -0.2) is 5.11 Å². The van der Waals surface area contributed by atoms with E-state index in [4.69, 9.17) is 11.6 Å². The lowest BCUT2D eigenvalue weighted by Crippen LogP contribution is -2.10. The highest BCUT2D eigenvalue weighted by Gasteiger charge is 2.19. The van der Waals surface area contributed by atoms with Crippen LogP contribution >= 0.6 is 11.6 Å². The van der Waals surface area contributed by atoms with Crippen molar-refractivity contribution in [3.63, 3.8) is 0 Å². The van der Waals surface area contributed by atoms with E-state index < -0.39 is 6.10 Å². The van der Waals surface area contributed by atoms with Gasteiger partial charge < -0.3 is 5.11 Å². The van der Waals surface area contributed by atoms with E-state index in [1.807, 2.05) is 24.3 Å². The van der Waals surface area contributed by atoms with Crippen molar-refractivity contribution in [3.05, 3.63) is 68.2 Å². The van der Waals surface area contributed by atoms with E-state index in [2.05, 4.69) is 34.6 Å². The predicted octanol–water partition coefficient (Wildman–Crippen LogP) is 5.16. The van der Waals surface area contributed by atoms with Gasteiger partial charge in [0.1, 0.15) is 0 Å². The van der Waals surface area contributed by atoms with Crippen molar-refractivity contribution in [2.45, 2.75) is 47.1 Å². The van der Waals surface area contributed by atoms with Crippen LogP contribution in [0.1, 0.15) is 45.0 Å². The molecule has 0 amide bonds. The van der Waals surface area contributed by atoms with Crippen molar-refractivity contribution in [2.24, 2.45) is 0 Å². The summed E-state index contributed by atoms with van der Waals surface area (Å²) in [6.45, 7) is 10.6. The predicted molar refractivity (Wildman–Crippen MR) is 90.2 cm³/mol. The summed E-state index contributed by atoms with van der Waals surface area (Å²) in [4.78, 5) is 0. The van der Waals surface area contributed by atoms with Gasteiger partial charge in [-0.05, 0) is 79.6 Å². The number of aliphatic hydroxyl groups is 1. The first-order valence-electron chi connectivity index (χ1n) is 7.33. The van der Waals surface area contributed by atoms with Crippen molar-refractivity contribution in [1.29, 1.82) is 0 Å². The summed E-state index contributed by atoms with van der Waals surface area (Å²) in [6, 6.07) is 7.72. The Kier molecular flexibility index (Phi) is 4.75. The summed E-state index contributed by atoms with van der Waals surface area (Å²) < 4.78 is 0. The van der Waals surface area contributed by atoms with Gasteiger partial charge in [-0.15, -0.1) is 0 Å². The molecule has 1 atom stereocenters. The van der Waals surface area contributed by atoms with Gasteiger partial charge in [0.2, 0.25) is 0 Å². The molecule has 0 saturated heterocycles. The highest BCUT2D eigenvalue weighted by Crippen LogP contribution is 2.33. The van der Waals surface area contributed by atoms with E-state index in [-0.39, 0.29) is 0 Å². The van der Waals surface area contributed by atoms with Crippen molar-refractivity contribution in [2.75, 3.05) is 0 Å². The van der Waals surface area contributed by atoms with Crippen LogP contribution in [0.15, 0.2) is 24.3 Å². The van der Waals surface area contributed by atoms with Gasteiger partial charge in [-0.2, -0.15) is 0 Å². The zero-order valence-corrected chi connectivity index (χ0v) is 14.2. The lowest BCUT2D eigenvalue weighted by atomic mass is 9.85. The SMILES string of the molecule is Cc1c(C)c(C)c(C(O)Cc2ccccc2Cl)c(C)c1C. The van der Waals surface area contributed by atoms with Crippen LogP contribution in [0.4, 0.5) is 0 Å². The molecule has 1 unspecified atom stereocenters. The normalized spacial score (nSPS) is 12.5. The molecule has 0 aliphatic carbocycles.